The summed E-state index contributed by atoms with van der Waals surface area (Å²) in [6.07, 6.45) is 1.49. The third-order valence-electron chi connectivity index (χ3n) is 1.86. The number of thioether (sulfide) groups is 1. The van der Waals surface area contributed by atoms with Crippen molar-refractivity contribution in [2.75, 3.05) is 0 Å². The normalized spacial score (nSPS) is 12.6. The molecule has 2 aromatic heterocycles. The van der Waals surface area contributed by atoms with Gasteiger partial charge in [-0.2, -0.15) is 4.37 Å². The molecule has 0 aliphatic rings. The van der Waals surface area contributed by atoms with Crippen LogP contribution in [-0.4, -0.2) is 20.4 Å². The Morgan fingerprint density at radius 3 is 3.00 bits per heavy atom. The van der Waals surface area contributed by atoms with Crippen molar-refractivity contribution in [1.29, 1.82) is 0 Å². The Balaban J connectivity index is 2.08. The van der Waals surface area contributed by atoms with E-state index in [2.05, 4.69) is 9.36 Å². The molecule has 0 amide bonds. The average Bonchev–Trinajstić information content (AvgIpc) is 2.86. The molecule has 1 atom stereocenters. The molecule has 0 saturated heterocycles. The van der Waals surface area contributed by atoms with Gasteiger partial charge in [-0.25, -0.2) is 9.78 Å². The van der Waals surface area contributed by atoms with Crippen molar-refractivity contribution < 1.29 is 14.3 Å². The number of furan rings is 1. The maximum atomic E-state index is 10.6. The van der Waals surface area contributed by atoms with Gasteiger partial charge in [0.2, 0.25) is 5.76 Å². The molecule has 2 heterocycles. The Hall–Kier alpha value is -1.34. The van der Waals surface area contributed by atoms with Crippen LogP contribution in [0.3, 0.4) is 0 Å². The molecule has 2 rings (SSSR count). The summed E-state index contributed by atoms with van der Waals surface area (Å²) in [6.45, 7) is 1.93. The van der Waals surface area contributed by atoms with Crippen molar-refractivity contribution in [3.05, 3.63) is 30.0 Å². The minimum Gasteiger partial charge on any atom is -0.475 e. The van der Waals surface area contributed by atoms with Crippen molar-refractivity contribution in [1.82, 2.24) is 9.36 Å². The molecular formula is C9H8N2O3S2. The van der Waals surface area contributed by atoms with Crippen molar-refractivity contribution in [3.8, 4) is 0 Å². The quantitative estimate of drug-likeness (QED) is 0.847. The van der Waals surface area contributed by atoms with Gasteiger partial charge in [-0.1, -0.05) is 11.8 Å². The van der Waals surface area contributed by atoms with E-state index in [0.29, 0.717) is 5.76 Å². The smallest absolute Gasteiger partial charge is 0.371 e. The van der Waals surface area contributed by atoms with E-state index < -0.39 is 5.97 Å². The highest BCUT2D eigenvalue weighted by molar-refractivity contribution is 8.01. The van der Waals surface area contributed by atoms with Crippen LogP contribution in [0.25, 0.3) is 0 Å². The number of carbonyl (C=O) groups is 1. The molecule has 7 heteroatoms. The Morgan fingerprint density at radius 1 is 1.62 bits per heavy atom. The summed E-state index contributed by atoms with van der Waals surface area (Å²) >= 11 is 2.79. The van der Waals surface area contributed by atoms with Crippen LogP contribution in [0.2, 0.25) is 0 Å². The molecule has 5 nitrogen and oxygen atoms in total. The van der Waals surface area contributed by atoms with E-state index in [1.807, 2.05) is 6.92 Å². The van der Waals surface area contributed by atoms with Gasteiger partial charge in [0.25, 0.3) is 0 Å². The number of hydrogen-bond acceptors (Lipinski definition) is 6. The fraction of sp³-hybridized carbons (Fsp3) is 0.222. The van der Waals surface area contributed by atoms with Gasteiger partial charge >= 0.3 is 5.97 Å². The van der Waals surface area contributed by atoms with Crippen molar-refractivity contribution in [2.45, 2.75) is 16.5 Å². The van der Waals surface area contributed by atoms with Crippen LogP contribution in [0, 0.1) is 0 Å². The Labute approximate surface area is 99.7 Å². The maximum Gasteiger partial charge on any atom is 0.371 e. The molecule has 0 saturated carbocycles. The zero-order valence-electron chi connectivity index (χ0n) is 8.28. The van der Waals surface area contributed by atoms with E-state index >= 15 is 0 Å². The summed E-state index contributed by atoms with van der Waals surface area (Å²) in [5.74, 6) is -0.475. The van der Waals surface area contributed by atoms with E-state index in [-0.39, 0.29) is 11.0 Å². The summed E-state index contributed by atoms with van der Waals surface area (Å²) in [5.41, 5.74) is 0. The fourth-order valence-corrected chi connectivity index (χ4v) is 2.78. The number of carboxylic acid groups (broad SMARTS) is 1. The molecule has 0 aliphatic heterocycles. The third-order valence-corrected chi connectivity index (χ3v) is 3.72. The summed E-state index contributed by atoms with van der Waals surface area (Å²) in [6, 6.07) is 3.12. The second-order valence-electron chi connectivity index (χ2n) is 2.97. The van der Waals surface area contributed by atoms with E-state index in [1.165, 1.54) is 35.7 Å². The van der Waals surface area contributed by atoms with Gasteiger partial charge in [-0.3, -0.25) is 0 Å². The highest BCUT2D eigenvalue weighted by Gasteiger charge is 2.16. The number of nitrogens with zero attached hydrogens (tertiary/aromatic N) is 2. The second-order valence-corrected chi connectivity index (χ2v) is 5.34. The summed E-state index contributed by atoms with van der Waals surface area (Å²) in [7, 11) is 0. The summed E-state index contributed by atoms with van der Waals surface area (Å²) < 4.78 is 9.91. The first kappa shape index (κ1) is 11.2. The van der Waals surface area contributed by atoms with Gasteiger partial charge in [0, 0.05) is 0 Å². The molecule has 0 aliphatic carbocycles. The monoisotopic (exact) mass is 256 g/mol. The van der Waals surface area contributed by atoms with Crippen LogP contribution in [0.4, 0.5) is 0 Å². The van der Waals surface area contributed by atoms with Gasteiger partial charge < -0.3 is 9.52 Å². The molecule has 0 bridgehead atoms. The van der Waals surface area contributed by atoms with E-state index in [4.69, 9.17) is 9.52 Å². The van der Waals surface area contributed by atoms with E-state index in [0.717, 1.165) is 4.34 Å². The first-order valence-electron chi connectivity index (χ1n) is 4.43. The predicted octanol–water partition coefficient (Wildman–Crippen LogP) is 2.68. The van der Waals surface area contributed by atoms with Gasteiger partial charge in [0.05, 0.1) is 5.25 Å². The predicted molar refractivity (Wildman–Crippen MR) is 59.8 cm³/mol. The lowest BCUT2D eigenvalue weighted by Crippen LogP contribution is -1.92. The molecule has 0 fully saturated rings. The Kier molecular flexibility index (Phi) is 3.25. The summed E-state index contributed by atoms with van der Waals surface area (Å²) in [4.78, 5) is 14.7. The molecular weight excluding hydrogens is 248 g/mol. The Morgan fingerprint density at radius 2 is 2.44 bits per heavy atom. The van der Waals surface area contributed by atoms with Gasteiger partial charge in [0.15, 0.2) is 4.34 Å². The minimum atomic E-state index is -1.06. The number of carboxylic acids is 1. The van der Waals surface area contributed by atoms with Crippen LogP contribution in [0.1, 0.15) is 28.5 Å². The minimum absolute atomic E-state index is 0.0149. The molecule has 0 aromatic carbocycles. The molecule has 1 unspecified atom stereocenters. The van der Waals surface area contributed by atoms with E-state index in [1.54, 1.807) is 6.07 Å². The largest absolute Gasteiger partial charge is 0.475 e. The van der Waals surface area contributed by atoms with Gasteiger partial charge in [-0.05, 0) is 30.6 Å². The first-order valence-corrected chi connectivity index (χ1v) is 6.08. The van der Waals surface area contributed by atoms with Crippen LogP contribution in [-0.2, 0) is 0 Å². The molecule has 0 radical (unpaired) electrons. The highest BCUT2D eigenvalue weighted by Crippen LogP contribution is 2.35. The number of hydrogen-bond donors (Lipinski definition) is 1. The molecule has 84 valence electrons. The lowest BCUT2D eigenvalue weighted by Gasteiger charge is -2.04. The lowest BCUT2D eigenvalue weighted by molar-refractivity contribution is 0.0660. The highest BCUT2D eigenvalue weighted by atomic mass is 32.2. The van der Waals surface area contributed by atoms with Crippen LogP contribution in [0.15, 0.2) is 27.2 Å². The second kappa shape index (κ2) is 4.67. The zero-order valence-corrected chi connectivity index (χ0v) is 9.92. The fourth-order valence-electron chi connectivity index (χ4n) is 1.11. The van der Waals surface area contributed by atoms with Crippen LogP contribution >= 0.6 is 23.3 Å². The first-order chi connectivity index (χ1) is 7.66. The van der Waals surface area contributed by atoms with Crippen molar-refractivity contribution in [3.63, 3.8) is 0 Å². The molecule has 1 N–H and O–H groups in total. The standard InChI is InChI=1S/C9H8N2O3S2/c1-5(15-9-10-4-11-16-9)6-2-3-7(14-6)8(12)13/h2-5H,1H3,(H,12,13). The number of rotatable bonds is 4. The van der Waals surface area contributed by atoms with E-state index in [9.17, 15) is 4.79 Å². The maximum absolute atomic E-state index is 10.6. The molecule has 0 spiro atoms. The van der Waals surface area contributed by atoms with Gasteiger partial charge in [-0.15, -0.1) is 0 Å². The SMILES string of the molecule is CC(Sc1ncns1)c1ccc(C(=O)O)o1. The topological polar surface area (TPSA) is 76.2 Å². The van der Waals surface area contributed by atoms with Crippen LogP contribution < -0.4 is 0 Å². The van der Waals surface area contributed by atoms with Crippen molar-refractivity contribution >= 4 is 29.3 Å². The molecule has 16 heavy (non-hydrogen) atoms. The molecule has 2 aromatic rings. The Bertz CT molecular complexity index is 481. The van der Waals surface area contributed by atoms with Crippen molar-refractivity contribution in [2.24, 2.45) is 0 Å². The third kappa shape index (κ3) is 2.42. The van der Waals surface area contributed by atoms with Gasteiger partial charge in [0.1, 0.15) is 12.1 Å². The lowest BCUT2D eigenvalue weighted by atomic mass is 10.3. The van der Waals surface area contributed by atoms with Crippen LogP contribution in [0.5, 0.6) is 0 Å². The zero-order chi connectivity index (χ0) is 11.5. The average molecular weight is 256 g/mol. The summed E-state index contributed by atoms with van der Waals surface area (Å²) in [5, 5.41) is 8.73. The number of aromatic nitrogens is 2. The number of aromatic carboxylic acids is 1.